The summed E-state index contributed by atoms with van der Waals surface area (Å²) in [4.78, 5) is 0. The Hall–Kier alpha value is -2.94. The largest absolute Gasteiger partial charge is 0.496 e. The van der Waals surface area contributed by atoms with Crippen molar-refractivity contribution in [1.29, 1.82) is 0 Å². The third-order valence-corrected chi connectivity index (χ3v) is 7.31. The zero-order valence-electron chi connectivity index (χ0n) is 19.8. The average Bonchev–Trinajstić information content (AvgIpc) is 3.35. The number of anilines is 1. The van der Waals surface area contributed by atoms with Gasteiger partial charge >= 0.3 is 0 Å². The number of nitrogens with one attached hydrogen (secondary N) is 1. The van der Waals surface area contributed by atoms with Crippen LogP contribution in [0.1, 0.15) is 68.5 Å². The monoisotopic (exact) mass is 441 g/mol. The van der Waals surface area contributed by atoms with Crippen LogP contribution in [0.2, 0.25) is 0 Å². The lowest BCUT2D eigenvalue weighted by molar-refractivity contribution is 0.303. The third kappa shape index (κ3) is 4.34. The Morgan fingerprint density at radius 3 is 2.73 bits per heavy atom. The molecule has 0 amide bonds. The molecule has 33 heavy (non-hydrogen) atoms. The summed E-state index contributed by atoms with van der Waals surface area (Å²) in [6.07, 6.45) is 12.1. The molecule has 0 spiro atoms. The summed E-state index contributed by atoms with van der Waals surface area (Å²) in [6, 6.07) is 19.7. The lowest BCUT2D eigenvalue weighted by Gasteiger charge is -2.38. The molecule has 3 unspecified atom stereocenters. The minimum atomic E-state index is 0.198. The second-order valence-corrected chi connectivity index (χ2v) is 9.39. The standard InChI is InChI=1S/C30H35NO2/c1-3-4-5-6-9-19-33-22-16-17-27-26(20-22)24-13-10-14-25(24)30(31-27)29-23-12-8-7-11-21(23)15-18-28(29)32-2/h7-8,10-13,15-18,20,24-25,30-31H,3-6,9,14,19H2,1-2H3. The Balaban J connectivity index is 1.42. The Bertz CT molecular complexity index is 1140. The van der Waals surface area contributed by atoms with Crippen LogP contribution >= 0.6 is 0 Å². The molecule has 0 fully saturated rings. The topological polar surface area (TPSA) is 30.5 Å². The second-order valence-electron chi connectivity index (χ2n) is 9.39. The summed E-state index contributed by atoms with van der Waals surface area (Å²) in [5.74, 6) is 2.80. The summed E-state index contributed by atoms with van der Waals surface area (Å²) in [6.45, 7) is 3.05. The molecular formula is C30H35NO2. The van der Waals surface area contributed by atoms with Gasteiger partial charge in [0.15, 0.2) is 0 Å². The van der Waals surface area contributed by atoms with Gasteiger partial charge < -0.3 is 14.8 Å². The molecule has 2 aliphatic rings. The maximum atomic E-state index is 6.13. The number of allylic oxidation sites excluding steroid dienone is 2. The van der Waals surface area contributed by atoms with E-state index >= 15 is 0 Å². The number of rotatable bonds is 9. The molecule has 3 atom stereocenters. The Labute approximate surface area is 197 Å². The van der Waals surface area contributed by atoms with E-state index in [1.807, 2.05) is 0 Å². The lowest BCUT2D eigenvalue weighted by atomic mass is 9.76. The minimum absolute atomic E-state index is 0.198. The molecule has 0 aromatic heterocycles. The zero-order chi connectivity index (χ0) is 22.6. The van der Waals surface area contributed by atoms with Gasteiger partial charge in [0.2, 0.25) is 0 Å². The van der Waals surface area contributed by atoms with Crippen molar-refractivity contribution in [2.45, 2.75) is 57.4 Å². The summed E-state index contributed by atoms with van der Waals surface area (Å²) in [7, 11) is 1.78. The normalized spacial score (nSPS) is 20.8. The second kappa shape index (κ2) is 9.91. The molecule has 3 aromatic carbocycles. The van der Waals surface area contributed by atoms with Gasteiger partial charge in [-0.25, -0.2) is 0 Å². The molecule has 3 nitrogen and oxygen atoms in total. The lowest BCUT2D eigenvalue weighted by Crippen LogP contribution is -2.29. The Kier molecular flexibility index (Phi) is 6.57. The van der Waals surface area contributed by atoms with E-state index in [1.165, 1.54) is 53.3 Å². The third-order valence-electron chi connectivity index (χ3n) is 7.31. The van der Waals surface area contributed by atoms with Gasteiger partial charge in [0.1, 0.15) is 11.5 Å². The summed E-state index contributed by atoms with van der Waals surface area (Å²) in [5, 5.41) is 6.42. The average molecular weight is 442 g/mol. The fourth-order valence-electron chi connectivity index (χ4n) is 5.62. The van der Waals surface area contributed by atoms with Crippen molar-refractivity contribution in [3.05, 3.63) is 77.9 Å². The fourth-order valence-corrected chi connectivity index (χ4v) is 5.62. The van der Waals surface area contributed by atoms with E-state index in [0.29, 0.717) is 11.8 Å². The van der Waals surface area contributed by atoms with Crippen molar-refractivity contribution >= 4 is 16.5 Å². The van der Waals surface area contributed by atoms with Crippen LogP contribution in [0.25, 0.3) is 10.8 Å². The highest BCUT2D eigenvalue weighted by Crippen LogP contribution is 2.53. The predicted molar refractivity (Wildman–Crippen MR) is 138 cm³/mol. The number of benzene rings is 3. The van der Waals surface area contributed by atoms with E-state index in [-0.39, 0.29) is 6.04 Å². The van der Waals surface area contributed by atoms with Gasteiger partial charge in [0, 0.05) is 17.2 Å². The van der Waals surface area contributed by atoms with Crippen LogP contribution in [0, 0.1) is 5.92 Å². The van der Waals surface area contributed by atoms with E-state index in [4.69, 9.17) is 9.47 Å². The zero-order valence-corrected chi connectivity index (χ0v) is 19.8. The van der Waals surface area contributed by atoms with E-state index in [2.05, 4.69) is 79.0 Å². The van der Waals surface area contributed by atoms with Gasteiger partial charge in [-0.1, -0.05) is 75.1 Å². The quantitative estimate of drug-likeness (QED) is 0.269. The molecule has 1 N–H and O–H groups in total. The summed E-state index contributed by atoms with van der Waals surface area (Å²) >= 11 is 0. The summed E-state index contributed by atoms with van der Waals surface area (Å²) < 4.78 is 12.0. The Morgan fingerprint density at radius 2 is 1.85 bits per heavy atom. The first-order valence-electron chi connectivity index (χ1n) is 12.6. The first-order chi connectivity index (χ1) is 16.3. The first-order valence-corrected chi connectivity index (χ1v) is 12.6. The number of hydrogen-bond donors (Lipinski definition) is 1. The molecular weight excluding hydrogens is 406 g/mol. The first kappa shape index (κ1) is 21.9. The van der Waals surface area contributed by atoms with Gasteiger partial charge in [0.25, 0.3) is 0 Å². The molecule has 3 heteroatoms. The number of unbranched alkanes of at least 4 members (excludes halogenated alkanes) is 4. The van der Waals surface area contributed by atoms with Crippen molar-refractivity contribution in [3.8, 4) is 11.5 Å². The molecule has 0 bridgehead atoms. The number of methoxy groups -OCH3 is 1. The highest BCUT2D eigenvalue weighted by molar-refractivity contribution is 5.89. The molecule has 0 saturated carbocycles. The van der Waals surface area contributed by atoms with Crippen LogP contribution in [0.15, 0.2) is 66.7 Å². The molecule has 1 heterocycles. The van der Waals surface area contributed by atoms with Crippen molar-refractivity contribution in [3.63, 3.8) is 0 Å². The number of fused-ring (bicyclic) bond motifs is 4. The number of hydrogen-bond acceptors (Lipinski definition) is 3. The van der Waals surface area contributed by atoms with E-state index in [1.54, 1.807) is 7.11 Å². The van der Waals surface area contributed by atoms with Crippen LogP contribution < -0.4 is 14.8 Å². The summed E-state index contributed by atoms with van der Waals surface area (Å²) in [5.41, 5.74) is 3.83. The van der Waals surface area contributed by atoms with E-state index in [9.17, 15) is 0 Å². The van der Waals surface area contributed by atoms with Crippen molar-refractivity contribution in [2.24, 2.45) is 5.92 Å². The predicted octanol–water partition coefficient (Wildman–Crippen LogP) is 8.02. The Morgan fingerprint density at radius 1 is 0.970 bits per heavy atom. The highest BCUT2D eigenvalue weighted by atomic mass is 16.5. The van der Waals surface area contributed by atoms with Crippen LogP contribution in [0.5, 0.6) is 11.5 Å². The van der Waals surface area contributed by atoms with Gasteiger partial charge in [-0.15, -0.1) is 0 Å². The van der Waals surface area contributed by atoms with Gasteiger partial charge in [0.05, 0.1) is 19.8 Å². The minimum Gasteiger partial charge on any atom is -0.496 e. The van der Waals surface area contributed by atoms with Crippen LogP contribution in [-0.2, 0) is 0 Å². The van der Waals surface area contributed by atoms with Gasteiger partial charge in [-0.3, -0.25) is 0 Å². The van der Waals surface area contributed by atoms with Crippen LogP contribution in [-0.4, -0.2) is 13.7 Å². The maximum absolute atomic E-state index is 6.13. The molecule has 3 aromatic rings. The molecule has 0 radical (unpaired) electrons. The van der Waals surface area contributed by atoms with Crippen molar-refractivity contribution in [1.82, 2.24) is 0 Å². The van der Waals surface area contributed by atoms with Crippen molar-refractivity contribution < 1.29 is 9.47 Å². The van der Waals surface area contributed by atoms with Crippen molar-refractivity contribution in [2.75, 3.05) is 19.0 Å². The van der Waals surface area contributed by atoms with Gasteiger partial charge in [-0.2, -0.15) is 0 Å². The highest BCUT2D eigenvalue weighted by Gasteiger charge is 2.39. The van der Waals surface area contributed by atoms with E-state index < -0.39 is 0 Å². The molecule has 1 aliphatic carbocycles. The van der Waals surface area contributed by atoms with E-state index in [0.717, 1.165) is 30.9 Å². The molecule has 1 aliphatic heterocycles. The SMILES string of the molecule is CCCCCCCOc1ccc2c(c1)C1C=CCC1C(c1c(OC)ccc3ccccc13)N2. The van der Waals surface area contributed by atoms with Gasteiger partial charge in [-0.05, 0) is 59.4 Å². The van der Waals surface area contributed by atoms with Crippen LogP contribution in [0.4, 0.5) is 5.69 Å². The molecule has 172 valence electrons. The molecule has 0 saturated heterocycles. The maximum Gasteiger partial charge on any atom is 0.124 e. The smallest absolute Gasteiger partial charge is 0.124 e. The number of ether oxygens (including phenoxy) is 2. The van der Waals surface area contributed by atoms with Crippen LogP contribution in [0.3, 0.4) is 0 Å². The molecule has 5 rings (SSSR count). The fraction of sp³-hybridized carbons (Fsp3) is 0.400.